The smallest absolute Gasteiger partial charge is 0.293 e. The summed E-state index contributed by atoms with van der Waals surface area (Å²) in [5.74, 6) is -0.541. The Balaban J connectivity index is 1.59. The number of hydrogen-bond acceptors (Lipinski definition) is 6. The first-order chi connectivity index (χ1) is 12.6. The highest BCUT2D eigenvalue weighted by Crippen LogP contribution is 2.32. The quantitative estimate of drug-likeness (QED) is 0.603. The molecule has 3 rings (SSSR count). The minimum absolute atomic E-state index is 0.111. The van der Waals surface area contributed by atoms with Crippen molar-refractivity contribution in [3.8, 4) is 0 Å². The molecule has 2 heterocycles. The molecular weight excluding hydrogens is 372 g/mol. The van der Waals surface area contributed by atoms with E-state index in [1.807, 2.05) is 30.5 Å². The predicted octanol–water partition coefficient (Wildman–Crippen LogP) is 3.47. The topological polar surface area (TPSA) is 79.6 Å². The fraction of sp³-hybridized carbons (Fsp3) is 0.167. The van der Waals surface area contributed by atoms with Gasteiger partial charge in [-0.1, -0.05) is 12.1 Å². The Morgan fingerprint density at radius 2 is 2.04 bits per heavy atom. The Labute approximate surface area is 159 Å². The second kappa shape index (κ2) is 8.29. The zero-order valence-electron chi connectivity index (χ0n) is 13.9. The molecule has 1 aromatic carbocycles. The number of nitrogens with one attached hydrogen (secondary N) is 1. The average molecular weight is 388 g/mol. The lowest BCUT2D eigenvalue weighted by Gasteiger charge is -2.12. The molecule has 0 radical (unpaired) electrons. The first-order valence-electron chi connectivity index (χ1n) is 7.79. The van der Waals surface area contributed by atoms with Crippen LogP contribution in [0.1, 0.15) is 16.1 Å². The maximum atomic E-state index is 12.4. The predicted molar refractivity (Wildman–Crippen MR) is 102 cm³/mol. The molecule has 3 amide bonds. The molecule has 1 saturated heterocycles. The van der Waals surface area contributed by atoms with Gasteiger partial charge in [0.2, 0.25) is 0 Å². The van der Waals surface area contributed by atoms with E-state index in [2.05, 4.69) is 5.32 Å². The van der Waals surface area contributed by atoms with Crippen LogP contribution in [0, 0.1) is 0 Å². The number of carbonyl (C=O) groups is 3. The van der Waals surface area contributed by atoms with Gasteiger partial charge in [0.15, 0.2) is 5.76 Å². The molecule has 0 aliphatic carbocycles. The van der Waals surface area contributed by atoms with Crippen LogP contribution in [0.25, 0.3) is 6.08 Å². The summed E-state index contributed by atoms with van der Waals surface area (Å²) in [5, 5.41) is 2.28. The first kappa shape index (κ1) is 18.3. The molecule has 1 fully saturated rings. The van der Waals surface area contributed by atoms with Gasteiger partial charge in [-0.15, -0.1) is 11.8 Å². The number of furan rings is 1. The fourth-order valence-corrected chi connectivity index (χ4v) is 3.59. The van der Waals surface area contributed by atoms with Gasteiger partial charge < -0.3 is 9.73 Å². The Morgan fingerprint density at radius 1 is 1.27 bits per heavy atom. The molecule has 0 saturated carbocycles. The van der Waals surface area contributed by atoms with Gasteiger partial charge in [-0.3, -0.25) is 19.3 Å². The van der Waals surface area contributed by atoms with Crippen molar-refractivity contribution in [2.75, 3.05) is 19.3 Å². The van der Waals surface area contributed by atoms with Crippen LogP contribution >= 0.6 is 23.5 Å². The zero-order valence-corrected chi connectivity index (χ0v) is 15.6. The highest BCUT2D eigenvalue weighted by Gasteiger charge is 2.34. The molecule has 0 spiro atoms. The van der Waals surface area contributed by atoms with Gasteiger partial charge in [0.05, 0.1) is 11.2 Å². The third-order valence-corrected chi connectivity index (χ3v) is 5.30. The maximum absolute atomic E-state index is 12.4. The van der Waals surface area contributed by atoms with Gasteiger partial charge in [-0.05, 0) is 53.9 Å². The lowest BCUT2D eigenvalue weighted by atomic mass is 10.2. The van der Waals surface area contributed by atoms with Crippen molar-refractivity contribution in [3.63, 3.8) is 0 Å². The van der Waals surface area contributed by atoms with Gasteiger partial charge in [-0.25, -0.2) is 0 Å². The van der Waals surface area contributed by atoms with E-state index in [1.165, 1.54) is 6.26 Å². The van der Waals surface area contributed by atoms with Gasteiger partial charge in [-0.2, -0.15) is 0 Å². The van der Waals surface area contributed by atoms with Crippen molar-refractivity contribution in [3.05, 3.63) is 58.9 Å². The molecule has 1 aromatic heterocycles. The van der Waals surface area contributed by atoms with Gasteiger partial charge >= 0.3 is 0 Å². The molecular formula is C18H16N2O4S2. The number of nitrogens with zero attached hydrogens (tertiary/aromatic N) is 1. The van der Waals surface area contributed by atoms with Crippen LogP contribution < -0.4 is 5.32 Å². The van der Waals surface area contributed by atoms with E-state index in [0.717, 1.165) is 27.1 Å². The Hall–Kier alpha value is -2.45. The second-order valence-electron chi connectivity index (χ2n) is 5.34. The van der Waals surface area contributed by atoms with Crippen LogP contribution in [0.5, 0.6) is 0 Å². The third kappa shape index (κ3) is 4.20. The summed E-state index contributed by atoms with van der Waals surface area (Å²) in [6.45, 7) is 0.271. The van der Waals surface area contributed by atoms with E-state index in [-0.39, 0.29) is 35.9 Å². The van der Waals surface area contributed by atoms with Crippen LogP contribution in [-0.4, -0.2) is 41.3 Å². The molecule has 0 unspecified atom stereocenters. The minimum Gasteiger partial charge on any atom is -0.459 e. The lowest BCUT2D eigenvalue weighted by molar-refractivity contribution is -0.122. The fourth-order valence-electron chi connectivity index (χ4n) is 2.32. The van der Waals surface area contributed by atoms with Crippen molar-refractivity contribution in [2.45, 2.75) is 4.90 Å². The number of imide groups is 1. The number of rotatable bonds is 6. The number of carbonyl (C=O) groups excluding carboxylic acids is 3. The summed E-state index contributed by atoms with van der Waals surface area (Å²) < 4.78 is 4.99. The normalized spacial score (nSPS) is 15.7. The summed E-state index contributed by atoms with van der Waals surface area (Å²) in [6.07, 6.45) is 5.10. The average Bonchev–Trinajstić information content (AvgIpc) is 3.27. The monoisotopic (exact) mass is 388 g/mol. The minimum atomic E-state index is -0.383. The summed E-state index contributed by atoms with van der Waals surface area (Å²) in [4.78, 5) is 38.9. The van der Waals surface area contributed by atoms with Crippen molar-refractivity contribution < 1.29 is 18.8 Å². The number of benzene rings is 1. The van der Waals surface area contributed by atoms with Crippen LogP contribution in [0.2, 0.25) is 0 Å². The van der Waals surface area contributed by atoms with E-state index in [0.29, 0.717) is 4.91 Å². The van der Waals surface area contributed by atoms with E-state index >= 15 is 0 Å². The Kier molecular flexibility index (Phi) is 5.85. The summed E-state index contributed by atoms with van der Waals surface area (Å²) in [6, 6.07) is 10.9. The SMILES string of the molecule is CSc1ccc(/C=C2\SC(=O)N(CCNC(=O)c3ccco3)C2=O)cc1. The highest BCUT2D eigenvalue weighted by atomic mass is 32.2. The highest BCUT2D eigenvalue weighted by molar-refractivity contribution is 8.18. The summed E-state index contributed by atoms with van der Waals surface area (Å²) in [5.41, 5.74) is 0.861. The molecule has 6 nitrogen and oxygen atoms in total. The van der Waals surface area contributed by atoms with Gasteiger partial charge in [0, 0.05) is 18.0 Å². The largest absolute Gasteiger partial charge is 0.459 e. The molecule has 0 atom stereocenters. The van der Waals surface area contributed by atoms with Crippen molar-refractivity contribution in [1.82, 2.24) is 10.2 Å². The number of amides is 3. The van der Waals surface area contributed by atoms with Crippen molar-refractivity contribution in [1.29, 1.82) is 0 Å². The van der Waals surface area contributed by atoms with Crippen molar-refractivity contribution >= 4 is 46.7 Å². The second-order valence-corrected chi connectivity index (χ2v) is 7.21. The maximum Gasteiger partial charge on any atom is 0.293 e. The molecule has 134 valence electrons. The molecule has 2 aromatic rings. The third-order valence-electron chi connectivity index (χ3n) is 3.65. The van der Waals surface area contributed by atoms with Crippen LogP contribution in [0.3, 0.4) is 0 Å². The summed E-state index contributed by atoms with van der Waals surface area (Å²) >= 11 is 2.54. The van der Waals surface area contributed by atoms with Crippen molar-refractivity contribution in [2.24, 2.45) is 0 Å². The van der Waals surface area contributed by atoms with E-state index in [1.54, 1.807) is 30.0 Å². The van der Waals surface area contributed by atoms with Gasteiger partial charge in [0.25, 0.3) is 17.1 Å². The summed E-state index contributed by atoms with van der Waals surface area (Å²) in [7, 11) is 0. The van der Waals surface area contributed by atoms with Crippen LogP contribution in [-0.2, 0) is 4.79 Å². The standard InChI is InChI=1S/C18H16N2O4S2/c1-25-13-6-4-12(5-7-13)11-15-17(22)20(18(23)26-15)9-8-19-16(21)14-3-2-10-24-14/h2-7,10-11H,8-9H2,1H3,(H,19,21)/b15-11-. The first-order valence-corrected chi connectivity index (χ1v) is 9.84. The Morgan fingerprint density at radius 3 is 2.69 bits per heavy atom. The number of hydrogen-bond donors (Lipinski definition) is 1. The lowest BCUT2D eigenvalue weighted by Crippen LogP contribution is -2.37. The molecule has 1 aliphatic rings. The Bertz CT molecular complexity index is 845. The van der Waals surface area contributed by atoms with Gasteiger partial charge in [0.1, 0.15) is 0 Å². The van der Waals surface area contributed by atoms with Crippen LogP contribution in [0.15, 0.2) is 56.9 Å². The van der Waals surface area contributed by atoms with E-state index < -0.39 is 0 Å². The molecule has 1 aliphatic heterocycles. The number of thioether (sulfide) groups is 2. The molecule has 8 heteroatoms. The van der Waals surface area contributed by atoms with Crippen LogP contribution in [0.4, 0.5) is 4.79 Å². The molecule has 0 bridgehead atoms. The molecule has 1 N–H and O–H groups in total. The van der Waals surface area contributed by atoms with E-state index in [9.17, 15) is 14.4 Å². The zero-order chi connectivity index (χ0) is 18.5. The van der Waals surface area contributed by atoms with E-state index in [4.69, 9.17) is 4.42 Å². The molecule has 26 heavy (non-hydrogen) atoms.